The van der Waals surface area contributed by atoms with Gasteiger partial charge in [-0.25, -0.2) is 4.79 Å². The van der Waals surface area contributed by atoms with E-state index in [1.807, 2.05) is 0 Å². The lowest BCUT2D eigenvalue weighted by molar-refractivity contribution is -0.146. The second kappa shape index (κ2) is 9.29. The van der Waals surface area contributed by atoms with Gasteiger partial charge in [0.1, 0.15) is 5.54 Å². The number of rotatable bonds is 4. The summed E-state index contributed by atoms with van der Waals surface area (Å²) < 4.78 is 10.1. The quantitative estimate of drug-likeness (QED) is 0.453. The highest BCUT2D eigenvalue weighted by atomic mass is 16.5. The van der Waals surface area contributed by atoms with Crippen molar-refractivity contribution < 1.29 is 38.2 Å². The lowest BCUT2D eigenvalue weighted by Gasteiger charge is -2.39. The molecule has 3 aliphatic carbocycles. The number of nitrogens with one attached hydrogen (secondary N) is 1. The minimum atomic E-state index is -1.62. The Balaban J connectivity index is 1.74. The minimum Gasteiger partial charge on any atom is -0.469 e. The van der Waals surface area contributed by atoms with Crippen molar-refractivity contribution in [1.29, 1.82) is 0 Å². The fraction of sp³-hybridized carbons (Fsp3) is 0.448. The fourth-order valence-electron chi connectivity index (χ4n) is 7.18. The Morgan fingerprint density at radius 2 is 1.64 bits per heavy atom. The van der Waals surface area contributed by atoms with Crippen LogP contribution in [0.15, 0.2) is 53.1 Å². The summed E-state index contributed by atoms with van der Waals surface area (Å²) in [5.41, 5.74) is -0.314. The van der Waals surface area contributed by atoms with E-state index in [1.54, 1.807) is 44.2 Å². The molecule has 39 heavy (non-hydrogen) atoms. The zero-order valence-corrected chi connectivity index (χ0v) is 22.3. The van der Waals surface area contributed by atoms with E-state index in [0.717, 1.165) is 4.90 Å². The number of benzene rings is 1. The van der Waals surface area contributed by atoms with Crippen LogP contribution in [0.1, 0.15) is 30.6 Å². The van der Waals surface area contributed by atoms with Crippen molar-refractivity contribution in [3.63, 3.8) is 0 Å². The van der Waals surface area contributed by atoms with Gasteiger partial charge in [0.15, 0.2) is 5.78 Å². The normalized spacial score (nSPS) is 33.2. The molecule has 0 unspecified atom stereocenters. The van der Waals surface area contributed by atoms with E-state index in [9.17, 15) is 28.8 Å². The molecule has 1 saturated heterocycles. The first-order chi connectivity index (χ1) is 18.5. The molecule has 3 amide bonds. The molecular formula is C29H30N2O8. The van der Waals surface area contributed by atoms with Gasteiger partial charge >= 0.3 is 11.9 Å². The summed E-state index contributed by atoms with van der Waals surface area (Å²) in [6, 6.07) is 8.35. The summed E-state index contributed by atoms with van der Waals surface area (Å²) in [6.07, 6.45) is 1.42. The third kappa shape index (κ3) is 3.68. The van der Waals surface area contributed by atoms with Crippen molar-refractivity contribution in [3.8, 4) is 0 Å². The number of hydrogen-bond acceptors (Lipinski definition) is 8. The maximum Gasteiger partial charge on any atom is 0.333 e. The Labute approximate surface area is 225 Å². The standard InChI is InChI=1S/C29H30N2O8/c1-13-18-20-16(21-19(13)25(34)31(3)26(21)35)11-15(27(36)38-4)12-17(28(37)39-5)22(20)29(2,23(18)32)30-24(33)14-9-7-6-8-10-14/h6-10,12-13,16-17,19,21-22H,11H2,1-5H3,(H,30,33)/t13-,16+,17+,19-,21+,22+,29+/m0/s1. The fourth-order valence-corrected chi connectivity index (χ4v) is 7.18. The third-order valence-corrected chi connectivity index (χ3v) is 8.94. The van der Waals surface area contributed by atoms with E-state index in [1.165, 1.54) is 27.3 Å². The first-order valence-corrected chi connectivity index (χ1v) is 12.8. The molecule has 10 heteroatoms. The summed E-state index contributed by atoms with van der Waals surface area (Å²) in [5.74, 6) is -8.23. The molecule has 0 saturated carbocycles. The number of ether oxygens (including phenoxy) is 2. The van der Waals surface area contributed by atoms with Crippen LogP contribution in [0.2, 0.25) is 0 Å². The molecule has 204 valence electrons. The Kier molecular flexibility index (Phi) is 6.32. The molecule has 1 aromatic carbocycles. The SMILES string of the molecule is COC(=O)C1=C[C@@H](C(=O)OC)[C@@H]2C3=C(C(=O)[C@]2(C)NC(=O)c2ccccc2)[C@H](C)[C@@H]2C(=O)N(C)C(=O)[C@@H]2[C@@H]3C1. The zero-order chi connectivity index (χ0) is 28.4. The average Bonchev–Trinajstić information content (AvgIpc) is 3.20. The van der Waals surface area contributed by atoms with E-state index in [4.69, 9.17) is 9.47 Å². The lowest BCUT2D eigenvalue weighted by Crippen LogP contribution is -2.57. The highest BCUT2D eigenvalue weighted by Gasteiger charge is 2.66. The van der Waals surface area contributed by atoms with Crippen molar-refractivity contribution in [3.05, 3.63) is 58.7 Å². The van der Waals surface area contributed by atoms with Crippen LogP contribution in [0.3, 0.4) is 0 Å². The molecule has 0 bridgehead atoms. The zero-order valence-electron chi connectivity index (χ0n) is 22.3. The summed E-state index contributed by atoms with van der Waals surface area (Å²) in [4.78, 5) is 81.6. The molecule has 0 spiro atoms. The van der Waals surface area contributed by atoms with Gasteiger partial charge < -0.3 is 14.8 Å². The van der Waals surface area contributed by atoms with E-state index < -0.39 is 76.5 Å². The average molecular weight is 535 g/mol. The van der Waals surface area contributed by atoms with Crippen molar-refractivity contribution in [2.24, 2.45) is 35.5 Å². The Morgan fingerprint density at radius 3 is 2.26 bits per heavy atom. The number of carbonyl (C=O) groups is 6. The van der Waals surface area contributed by atoms with Crippen LogP contribution in [0.25, 0.3) is 0 Å². The van der Waals surface area contributed by atoms with Gasteiger partial charge in [0.05, 0.1) is 32.0 Å². The first kappa shape index (κ1) is 26.5. The molecule has 0 radical (unpaired) electrons. The summed E-state index contributed by atoms with van der Waals surface area (Å²) >= 11 is 0. The number of ketones is 1. The molecule has 1 N–H and O–H groups in total. The number of fused-ring (bicyclic) bond motifs is 2. The molecule has 10 nitrogen and oxygen atoms in total. The Morgan fingerprint density at radius 1 is 1.00 bits per heavy atom. The summed E-state index contributed by atoms with van der Waals surface area (Å²) in [6.45, 7) is 3.29. The van der Waals surface area contributed by atoms with Gasteiger partial charge in [-0.1, -0.05) is 36.8 Å². The maximum absolute atomic E-state index is 14.3. The molecule has 4 aliphatic rings. The molecule has 1 aliphatic heterocycles. The molecule has 1 heterocycles. The predicted octanol–water partition coefficient (Wildman–Crippen LogP) is 1.46. The smallest absolute Gasteiger partial charge is 0.333 e. The van der Waals surface area contributed by atoms with Gasteiger partial charge in [0, 0.05) is 29.7 Å². The molecule has 1 aromatic rings. The van der Waals surface area contributed by atoms with E-state index in [2.05, 4.69) is 5.32 Å². The van der Waals surface area contributed by atoms with Crippen LogP contribution in [0, 0.1) is 35.5 Å². The number of esters is 2. The molecule has 0 aromatic heterocycles. The van der Waals surface area contributed by atoms with Crippen LogP contribution in [-0.4, -0.2) is 67.1 Å². The Bertz CT molecular complexity index is 1380. The largest absolute Gasteiger partial charge is 0.469 e. The lowest BCUT2D eigenvalue weighted by atomic mass is 9.62. The van der Waals surface area contributed by atoms with E-state index in [-0.39, 0.29) is 12.0 Å². The van der Waals surface area contributed by atoms with E-state index in [0.29, 0.717) is 16.7 Å². The van der Waals surface area contributed by atoms with Crippen LogP contribution >= 0.6 is 0 Å². The second-order valence-electron chi connectivity index (χ2n) is 10.8. The van der Waals surface area contributed by atoms with Gasteiger partial charge in [-0.15, -0.1) is 0 Å². The highest BCUT2D eigenvalue weighted by Crippen LogP contribution is 2.60. The number of Topliss-reactive ketones (excluding diaryl/α,β-unsaturated/α-hetero) is 1. The van der Waals surface area contributed by atoms with Crippen LogP contribution in [-0.2, 0) is 33.4 Å². The number of methoxy groups -OCH3 is 2. The van der Waals surface area contributed by atoms with Gasteiger partial charge in [0.2, 0.25) is 11.8 Å². The molecular weight excluding hydrogens is 504 g/mol. The van der Waals surface area contributed by atoms with Gasteiger partial charge in [-0.2, -0.15) is 0 Å². The Hall–Kier alpha value is -4.08. The topological polar surface area (TPSA) is 136 Å². The van der Waals surface area contributed by atoms with Gasteiger partial charge in [-0.3, -0.25) is 28.9 Å². The highest BCUT2D eigenvalue weighted by molar-refractivity contribution is 6.14. The molecule has 5 rings (SSSR count). The van der Waals surface area contributed by atoms with Crippen LogP contribution < -0.4 is 5.32 Å². The number of imide groups is 1. The summed E-state index contributed by atoms with van der Waals surface area (Å²) in [7, 11) is 3.83. The maximum atomic E-state index is 14.3. The van der Waals surface area contributed by atoms with Crippen molar-refractivity contribution in [1.82, 2.24) is 10.2 Å². The van der Waals surface area contributed by atoms with Crippen LogP contribution in [0.5, 0.6) is 0 Å². The van der Waals surface area contributed by atoms with Crippen LogP contribution in [0.4, 0.5) is 0 Å². The predicted molar refractivity (Wildman–Crippen MR) is 135 cm³/mol. The third-order valence-electron chi connectivity index (χ3n) is 8.94. The number of hydrogen-bond donors (Lipinski definition) is 1. The monoisotopic (exact) mass is 534 g/mol. The number of amides is 3. The summed E-state index contributed by atoms with van der Waals surface area (Å²) in [5, 5.41) is 2.88. The van der Waals surface area contributed by atoms with Gasteiger partial charge in [-0.05, 0) is 37.3 Å². The number of nitrogens with zero attached hydrogens (tertiary/aromatic N) is 1. The van der Waals surface area contributed by atoms with E-state index >= 15 is 0 Å². The van der Waals surface area contributed by atoms with Crippen molar-refractivity contribution in [2.75, 3.05) is 21.3 Å². The number of carbonyl (C=O) groups excluding carboxylic acids is 6. The minimum absolute atomic E-state index is 0.00770. The van der Waals surface area contributed by atoms with Crippen molar-refractivity contribution in [2.45, 2.75) is 25.8 Å². The molecule has 1 fully saturated rings. The number of likely N-dealkylation sites (tertiary alicyclic amines) is 1. The van der Waals surface area contributed by atoms with Crippen molar-refractivity contribution >= 4 is 35.4 Å². The first-order valence-electron chi connectivity index (χ1n) is 12.8. The molecule has 7 atom stereocenters. The second-order valence-corrected chi connectivity index (χ2v) is 10.8. The van der Waals surface area contributed by atoms with Gasteiger partial charge in [0.25, 0.3) is 5.91 Å².